The van der Waals surface area contributed by atoms with Gasteiger partial charge in [-0.2, -0.15) is 4.98 Å². The number of nitrogen functional groups attached to an aromatic ring is 1. The number of carbonyl (C=O) groups excluding carboxylic acids is 1. The van der Waals surface area contributed by atoms with Crippen LogP contribution in [0.1, 0.15) is 11.3 Å². The third-order valence-corrected chi connectivity index (χ3v) is 4.55. The van der Waals surface area contributed by atoms with Gasteiger partial charge in [0.15, 0.2) is 5.16 Å². The third-order valence-electron chi connectivity index (χ3n) is 3.58. The van der Waals surface area contributed by atoms with E-state index in [4.69, 9.17) is 10.2 Å². The molecular weight excluding hydrogens is 352 g/mol. The first-order valence-corrected chi connectivity index (χ1v) is 8.93. The van der Waals surface area contributed by atoms with E-state index < -0.39 is 5.56 Å². The summed E-state index contributed by atoms with van der Waals surface area (Å²) in [6.45, 7) is 0.782. The molecule has 0 radical (unpaired) electrons. The fraction of sp³-hybridized carbons (Fsp3) is 0.167. The van der Waals surface area contributed by atoms with Crippen molar-refractivity contribution < 1.29 is 9.21 Å². The fourth-order valence-corrected chi connectivity index (χ4v) is 3.16. The summed E-state index contributed by atoms with van der Waals surface area (Å²) in [6, 6.07) is 14.5. The predicted octanol–water partition coefficient (Wildman–Crippen LogP) is 1.88. The normalized spacial score (nSPS) is 10.6. The van der Waals surface area contributed by atoms with E-state index in [0.29, 0.717) is 29.8 Å². The Kier molecular flexibility index (Phi) is 5.75. The topological polar surface area (TPSA) is 103 Å². The zero-order valence-corrected chi connectivity index (χ0v) is 14.7. The van der Waals surface area contributed by atoms with E-state index in [1.807, 2.05) is 30.3 Å². The van der Waals surface area contributed by atoms with Crippen molar-refractivity contribution in [2.24, 2.45) is 0 Å². The lowest BCUT2D eigenvalue weighted by atomic mass is 10.2. The second-order valence-corrected chi connectivity index (χ2v) is 6.46. The van der Waals surface area contributed by atoms with E-state index in [-0.39, 0.29) is 11.7 Å². The van der Waals surface area contributed by atoms with Gasteiger partial charge in [0.05, 0.1) is 25.1 Å². The maximum absolute atomic E-state index is 12.0. The van der Waals surface area contributed by atoms with E-state index in [1.165, 1.54) is 17.8 Å². The molecule has 2 aromatic heterocycles. The molecule has 0 aliphatic heterocycles. The maximum Gasteiger partial charge on any atom is 0.275 e. The monoisotopic (exact) mass is 370 g/mol. The smallest absolute Gasteiger partial charge is 0.275 e. The molecular formula is C18H18N4O3S. The molecule has 0 fully saturated rings. The number of thioether (sulfide) groups is 1. The minimum Gasteiger partial charge on any atom is -0.467 e. The molecule has 0 aliphatic carbocycles. The van der Waals surface area contributed by atoms with Gasteiger partial charge in [-0.25, -0.2) is 0 Å². The number of hydrogen-bond acceptors (Lipinski definition) is 6. The molecule has 2 heterocycles. The molecule has 0 spiro atoms. The summed E-state index contributed by atoms with van der Waals surface area (Å²) in [4.78, 5) is 27.7. The summed E-state index contributed by atoms with van der Waals surface area (Å²) in [7, 11) is 0. The van der Waals surface area contributed by atoms with Gasteiger partial charge in [-0.3, -0.25) is 9.59 Å². The van der Waals surface area contributed by atoms with E-state index >= 15 is 0 Å². The SMILES string of the molecule is Nc1cc(=O)nc(SCC(=O)NCc2ccco2)n1Cc1ccccc1. The molecule has 7 nitrogen and oxygen atoms in total. The lowest BCUT2D eigenvalue weighted by Crippen LogP contribution is -2.25. The Morgan fingerprint density at radius 2 is 2.04 bits per heavy atom. The minimum absolute atomic E-state index is 0.116. The fourth-order valence-electron chi connectivity index (χ4n) is 2.32. The van der Waals surface area contributed by atoms with Crippen LogP contribution < -0.4 is 16.6 Å². The van der Waals surface area contributed by atoms with Gasteiger partial charge in [-0.15, -0.1) is 0 Å². The summed E-state index contributed by atoms with van der Waals surface area (Å²) in [5.41, 5.74) is 6.59. The van der Waals surface area contributed by atoms with Gasteiger partial charge in [-0.05, 0) is 17.7 Å². The van der Waals surface area contributed by atoms with Gasteiger partial charge in [0, 0.05) is 6.07 Å². The highest BCUT2D eigenvalue weighted by Crippen LogP contribution is 2.18. The van der Waals surface area contributed by atoms with Crippen LogP contribution in [0.4, 0.5) is 5.82 Å². The number of amides is 1. The molecule has 3 aromatic rings. The van der Waals surface area contributed by atoms with E-state index in [2.05, 4.69) is 10.3 Å². The first-order chi connectivity index (χ1) is 12.6. The van der Waals surface area contributed by atoms with Crippen LogP contribution in [0.2, 0.25) is 0 Å². The molecule has 0 aliphatic rings. The van der Waals surface area contributed by atoms with E-state index in [0.717, 1.165) is 5.56 Å². The highest BCUT2D eigenvalue weighted by molar-refractivity contribution is 7.99. The molecule has 1 aromatic carbocycles. The average Bonchev–Trinajstić information content (AvgIpc) is 3.15. The van der Waals surface area contributed by atoms with Gasteiger partial charge in [0.25, 0.3) is 5.56 Å². The number of benzene rings is 1. The van der Waals surface area contributed by atoms with Crippen LogP contribution in [0, 0.1) is 0 Å². The van der Waals surface area contributed by atoms with Crippen molar-refractivity contribution in [2.75, 3.05) is 11.5 Å². The van der Waals surface area contributed by atoms with Crippen molar-refractivity contribution >= 4 is 23.5 Å². The molecule has 134 valence electrons. The van der Waals surface area contributed by atoms with Crippen molar-refractivity contribution in [3.63, 3.8) is 0 Å². The number of carbonyl (C=O) groups is 1. The number of rotatable bonds is 7. The second kappa shape index (κ2) is 8.39. The number of nitrogens with one attached hydrogen (secondary N) is 1. The van der Waals surface area contributed by atoms with Crippen LogP contribution >= 0.6 is 11.8 Å². The number of nitrogens with two attached hydrogens (primary N) is 1. The first-order valence-electron chi connectivity index (χ1n) is 7.95. The third kappa shape index (κ3) is 4.76. The van der Waals surface area contributed by atoms with E-state index in [9.17, 15) is 9.59 Å². The van der Waals surface area contributed by atoms with Gasteiger partial charge in [0.2, 0.25) is 5.91 Å². The molecule has 0 unspecified atom stereocenters. The Hall–Kier alpha value is -3.00. The van der Waals surface area contributed by atoms with Crippen molar-refractivity contribution in [3.05, 3.63) is 76.5 Å². The van der Waals surface area contributed by atoms with Gasteiger partial charge < -0.3 is 20.0 Å². The summed E-state index contributed by atoms with van der Waals surface area (Å²) in [5.74, 6) is 0.916. The number of anilines is 1. The first kappa shape index (κ1) is 17.8. The summed E-state index contributed by atoms with van der Waals surface area (Å²) in [5, 5.41) is 3.16. The zero-order valence-electron chi connectivity index (χ0n) is 13.9. The Morgan fingerprint density at radius 1 is 1.23 bits per heavy atom. The molecule has 8 heteroatoms. The number of hydrogen-bond donors (Lipinski definition) is 2. The van der Waals surface area contributed by atoms with Crippen LogP contribution in [0.5, 0.6) is 0 Å². The highest BCUT2D eigenvalue weighted by atomic mass is 32.2. The Labute approximate surface area is 154 Å². The zero-order chi connectivity index (χ0) is 18.4. The molecule has 3 N–H and O–H groups in total. The molecule has 26 heavy (non-hydrogen) atoms. The molecule has 0 atom stereocenters. The second-order valence-electron chi connectivity index (χ2n) is 5.52. The van der Waals surface area contributed by atoms with Crippen molar-refractivity contribution in [3.8, 4) is 0 Å². The predicted molar refractivity (Wildman–Crippen MR) is 99.7 cm³/mol. The standard InChI is InChI=1S/C18H18N4O3S/c19-15-9-16(23)21-18(22(15)11-13-5-2-1-3-6-13)26-12-17(24)20-10-14-7-4-8-25-14/h1-9H,10-12,19H2,(H,20,24). The lowest BCUT2D eigenvalue weighted by molar-refractivity contribution is -0.118. The average molecular weight is 370 g/mol. The van der Waals surface area contributed by atoms with E-state index in [1.54, 1.807) is 23.0 Å². The van der Waals surface area contributed by atoms with Crippen LogP contribution in [0.3, 0.4) is 0 Å². The Morgan fingerprint density at radius 3 is 2.77 bits per heavy atom. The van der Waals surface area contributed by atoms with Crippen LogP contribution in [-0.2, 0) is 17.9 Å². The summed E-state index contributed by atoms with van der Waals surface area (Å²) < 4.78 is 6.89. The van der Waals surface area contributed by atoms with Crippen LogP contribution in [0.25, 0.3) is 0 Å². The number of aromatic nitrogens is 2. The quantitative estimate of drug-likeness (QED) is 0.486. The Balaban J connectivity index is 1.68. The van der Waals surface area contributed by atoms with Gasteiger partial charge >= 0.3 is 0 Å². The molecule has 0 bridgehead atoms. The number of nitrogens with zero attached hydrogens (tertiary/aromatic N) is 2. The van der Waals surface area contributed by atoms with Crippen LogP contribution in [0.15, 0.2) is 69.2 Å². The molecule has 3 rings (SSSR count). The number of furan rings is 1. The highest BCUT2D eigenvalue weighted by Gasteiger charge is 2.12. The molecule has 0 saturated carbocycles. The van der Waals surface area contributed by atoms with Crippen LogP contribution in [-0.4, -0.2) is 21.2 Å². The maximum atomic E-state index is 12.0. The largest absolute Gasteiger partial charge is 0.467 e. The molecule has 0 saturated heterocycles. The summed E-state index contributed by atoms with van der Waals surface area (Å²) >= 11 is 1.17. The van der Waals surface area contributed by atoms with Crippen molar-refractivity contribution in [1.29, 1.82) is 0 Å². The Bertz CT molecular complexity index is 923. The van der Waals surface area contributed by atoms with Crippen molar-refractivity contribution in [2.45, 2.75) is 18.2 Å². The molecule has 1 amide bonds. The van der Waals surface area contributed by atoms with Gasteiger partial charge in [0.1, 0.15) is 11.6 Å². The minimum atomic E-state index is -0.426. The lowest BCUT2D eigenvalue weighted by Gasteiger charge is -2.14. The van der Waals surface area contributed by atoms with Gasteiger partial charge in [-0.1, -0.05) is 42.1 Å². The summed E-state index contributed by atoms with van der Waals surface area (Å²) in [6.07, 6.45) is 1.55. The van der Waals surface area contributed by atoms with Crippen molar-refractivity contribution in [1.82, 2.24) is 14.9 Å².